The van der Waals surface area contributed by atoms with Gasteiger partial charge in [0.15, 0.2) is 0 Å². The largest absolute Gasteiger partial charge is 0.375 e. The normalized spacial score (nSPS) is 10.1. The topological polar surface area (TPSA) is 70.2 Å². The molecule has 0 fully saturated rings. The number of nitrogens with one attached hydrogen (secondary N) is 2. The van der Waals surface area contributed by atoms with E-state index in [9.17, 15) is 4.79 Å². The molecule has 1 amide bonds. The van der Waals surface area contributed by atoms with Crippen molar-refractivity contribution in [2.75, 3.05) is 36.9 Å². The number of aromatic nitrogens is 2. The summed E-state index contributed by atoms with van der Waals surface area (Å²) in [5.74, 6) is 0.584. The first-order valence-electron chi connectivity index (χ1n) is 7.79. The minimum Gasteiger partial charge on any atom is -0.375 e. The third-order valence-electron chi connectivity index (χ3n) is 3.39. The van der Waals surface area contributed by atoms with Crippen LogP contribution in [0.3, 0.4) is 0 Å². The van der Waals surface area contributed by atoms with E-state index in [1.807, 2.05) is 18.2 Å². The summed E-state index contributed by atoms with van der Waals surface area (Å²) in [6.45, 7) is 2.11. The fraction of sp³-hybridized carbons (Fsp3) is 0.353. The Hall–Kier alpha value is -2.63. The zero-order valence-corrected chi connectivity index (χ0v) is 13.4. The van der Waals surface area contributed by atoms with Gasteiger partial charge in [0.05, 0.1) is 0 Å². The van der Waals surface area contributed by atoms with Crippen molar-refractivity contribution < 1.29 is 4.79 Å². The fourth-order valence-corrected chi connectivity index (χ4v) is 2.12. The molecular formula is C17H23N5O. The summed E-state index contributed by atoms with van der Waals surface area (Å²) in [5.41, 5.74) is 1.19. The number of carbonyl (C=O) groups is 1. The number of para-hydroxylation sites is 1. The smallest absolute Gasteiger partial charge is 0.222 e. The molecule has 122 valence electrons. The average molecular weight is 313 g/mol. The summed E-state index contributed by atoms with van der Waals surface area (Å²) in [7, 11) is 2.06. The van der Waals surface area contributed by atoms with Gasteiger partial charge in [0.2, 0.25) is 11.9 Å². The van der Waals surface area contributed by atoms with Crippen LogP contribution in [0.2, 0.25) is 0 Å². The van der Waals surface area contributed by atoms with Crippen molar-refractivity contribution in [2.45, 2.75) is 12.8 Å². The van der Waals surface area contributed by atoms with Crippen LogP contribution in [0.25, 0.3) is 0 Å². The summed E-state index contributed by atoms with van der Waals surface area (Å²) >= 11 is 0. The van der Waals surface area contributed by atoms with Gasteiger partial charge in [0.25, 0.3) is 0 Å². The molecule has 6 nitrogen and oxygen atoms in total. The van der Waals surface area contributed by atoms with Gasteiger partial charge in [-0.2, -0.15) is 0 Å². The van der Waals surface area contributed by atoms with Gasteiger partial charge in [-0.25, -0.2) is 9.97 Å². The Balaban J connectivity index is 1.55. The van der Waals surface area contributed by atoms with E-state index in [0.29, 0.717) is 25.5 Å². The maximum atomic E-state index is 11.7. The van der Waals surface area contributed by atoms with Crippen LogP contribution in [-0.2, 0) is 4.79 Å². The molecule has 0 aliphatic heterocycles. The van der Waals surface area contributed by atoms with Crippen molar-refractivity contribution in [1.82, 2.24) is 15.3 Å². The Morgan fingerprint density at radius 2 is 1.83 bits per heavy atom. The number of hydrogen-bond acceptors (Lipinski definition) is 5. The van der Waals surface area contributed by atoms with E-state index in [1.54, 1.807) is 18.5 Å². The highest BCUT2D eigenvalue weighted by molar-refractivity contribution is 5.76. The number of amides is 1. The SMILES string of the molecule is CN(CCCNC(=O)CCNc1ncccn1)c1ccccc1. The van der Waals surface area contributed by atoms with Crippen molar-refractivity contribution in [2.24, 2.45) is 0 Å². The highest BCUT2D eigenvalue weighted by atomic mass is 16.1. The van der Waals surface area contributed by atoms with E-state index in [-0.39, 0.29) is 5.91 Å². The fourth-order valence-electron chi connectivity index (χ4n) is 2.12. The molecule has 0 bridgehead atoms. The maximum Gasteiger partial charge on any atom is 0.222 e. The van der Waals surface area contributed by atoms with Gasteiger partial charge in [0.1, 0.15) is 0 Å². The Labute approximate surface area is 137 Å². The first-order valence-corrected chi connectivity index (χ1v) is 7.79. The van der Waals surface area contributed by atoms with Gasteiger partial charge in [-0.3, -0.25) is 4.79 Å². The lowest BCUT2D eigenvalue weighted by molar-refractivity contribution is -0.120. The number of carbonyl (C=O) groups excluding carboxylic acids is 1. The number of hydrogen-bond donors (Lipinski definition) is 2. The van der Waals surface area contributed by atoms with E-state index in [0.717, 1.165) is 13.0 Å². The molecule has 2 N–H and O–H groups in total. The zero-order valence-electron chi connectivity index (χ0n) is 13.4. The lowest BCUT2D eigenvalue weighted by atomic mass is 10.3. The molecular weight excluding hydrogens is 290 g/mol. The number of benzene rings is 1. The highest BCUT2D eigenvalue weighted by Crippen LogP contribution is 2.10. The molecule has 2 rings (SSSR count). The Morgan fingerprint density at radius 1 is 1.09 bits per heavy atom. The van der Waals surface area contributed by atoms with Crippen LogP contribution in [0.5, 0.6) is 0 Å². The van der Waals surface area contributed by atoms with Gasteiger partial charge in [-0.05, 0) is 24.6 Å². The number of anilines is 2. The van der Waals surface area contributed by atoms with E-state index >= 15 is 0 Å². The van der Waals surface area contributed by atoms with Crippen molar-refractivity contribution in [1.29, 1.82) is 0 Å². The average Bonchev–Trinajstić information content (AvgIpc) is 2.60. The third-order valence-corrected chi connectivity index (χ3v) is 3.39. The molecule has 1 aromatic heterocycles. The molecule has 0 aliphatic carbocycles. The van der Waals surface area contributed by atoms with Crippen molar-refractivity contribution in [3.63, 3.8) is 0 Å². The summed E-state index contributed by atoms with van der Waals surface area (Å²) in [5, 5.41) is 5.94. The molecule has 0 saturated carbocycles. The Kier molecular flexibility index (Phi) is 6.84. The summed E-state index contributed by atoms with van der Waals surface area (Å²) in [4.78, 5) is 22.0. The van der Waals surface area contributed by atoms with Crippen LogP contribution in [0.15, 0.2) is 48.8 Å². The van der Waals surface area contributed by atoms with Gasteiger partial charge < -0.3 is 15.5 Å². The molecule has 0 unspecified atom stereocenters. The lowest BCUT2D eigenvalue weighted by Crippen LogP contribution is -2.29. The van der Waals surface area contributed by atoms with E-state index in [1.165, 1.54) is 5.69 Å². The second-order valence-electron chi connectivity index (χ2n) is 5.21. The van der Waals surface area contributed by atoms with E-state index < -0.39 is 0 Å². The first kappa shape index (κ1) is 16.7. The Morgan fingerprint density at radius 3 is 2.57 bits per heavy atom. The predicted molar refractivity (Wildman–Crippen MR) is 92.5 cm³/mol. The van der Waals surface area contributed by atoms with E-state index in [4.69, 9.17) is 0 Å². The van der Waals surface area contributed by atoms with Crippen molar-refractivity contribution in [3.05, 3.63) is 48.8 Å². The summed E-state index contributed by atoms with van der Waals surface area (Å²) < 4.78 is 0. The van der Waals surface area contributed by atoms with Crippen molar-refractivity contribution >= 4 is 17.5 Å². The van der Waals surface area contributed by atoms with Gasteiger partial charge >= 0.3 is 0 Å². The van der Waals surface area contributed by atoms with Gasteiger partial charge in [0, 0.05) is 51.2 Å². The van der Waals surface area contributed by atoms with Crippen LogP contribution in [0, 0.1) is 0 Å². The summed E-state index contributed by atoms with van der Waals surface area (Å²) in [6, 6.07) is 12.0. The van der Waals surface area contributed by atoms with Crippen LogP contribution < -0.4 is 15.5 Å². The molecule has 0 saturated heterocycles. The monoisotopic (exact) mass is 313 g/mol. The van der Waals surface area contributed by atoms with Gasteiger partial charge in [-0.1, -0.05) is 18.2 Å². The molecule has 6 heteroatoms. The van der Waals surface area contributed by atoms with Crippen LogP contribution in [0.1, 0.15) is 12.8 Å². The van der Waals surface area contributed by atoms with Crippen molar-refractivity contribution in [3.8, 4) is 0 Å². The molecule has 1 heterocycles. The second-order valence-corrected chi connectivity index (χ2v) is 5.21. The standard InChI is InChI=1S/C17H23N5O/c1-22(15-7-3-2-4-8-15)14-6-12-18-16(23)9-13-21-17-19-10-5-11-20-17/h2-5,7-8,10-11H,6,9,12-14H2,1H3,(H,18,23)(H,19,20,21). The minimum absolute atomic E-state index is 0.0378. The zero-order chi connectivity index (χ0) is 16.3. The second kappa shape index (κ2) is 9.40. The minimum atomic E-state index is 0.0378. The Bertz CT molecular complexity index is 576. The van der Waals surface area contributed by atoms with Crippen LogP contribution in [-0.4, -0.2) is 42.6 Å². The molecule has 2 aromatic rings. The molecule has 0 spiro atoms. The van der Waals surface area contributed by atoms with Crippen LogP contribution in [0.4, 0.5) is 11.6 Å². The molecule has 0 atom stereocenters. The van der Waals surface area contributed by atoms with Gasteiger partial charge in [-0.15, -0.1) is 0 Å². The quantitative estimate of drug-likeness (QED) is 0.692. The first-order chi connectivity index (χ1) is 11.3. The number of rotatable bonds is 9. The molecule has 0 aliphatic rings. The molecule has 1 aromatic carbocycles. The summed E-state index contributed by atoms with van der Waals surface area (Å²) in [6.07, 6.45) is 4.65. The lowest BCUT2D eigenvalue weighted by Gasteiger charge is -2.19. The van der Waals surface area contributed by atoms with Crippen LogP contribution >= 0.6 is 0 Å². The van der Waals surface area contributed by atoms with E-state index in [2.05, 4.69) is 44.7 Å². The maximum absolute atomic E-state index is 11.7. The molecule has 23 heavy (non-hydrogen) atoms. The number of nitrogens with zero attached hydrogens (tertiary/aromatic N) is 3. The predicted octanol–water partition coefficient (Wildman–Crippen LogP) is 1.92. The third kappa shape index (κ3) is 6.34. The highest BCUT2D eigenvalue weighted by Gasteiger charge is 2.03. The molecule has 0 radical (unpaired) electrons.